The van der Waals surface area contributed by atoms with Crippen molar-refractivity contribution in [3.63, 3.8) is 0 Å². The number of aryl methyl sites for hydroxylation is 1. The van der Waals surface area contributed by atoms with E-state index in [1.54, 1.807) is 18.2 Å². The first-order valence-corrected chi connectivity index (χ1v) is 8.55. The van der Waals surface area contributed by atoms with Crippen LogP contribution in [0.1, 0.15) is 11.1 Å². The van der Waals surface area contributed by atoms with Gasteiger partial charge in [-0.3, -0.25) is 4.72 Å². The van der Waals surface area contributed by atoms with Gasteiger partial charge in [-0.1, -0.05) is 28.1 Å². The minimum Gasteiger partial charge on any atom is -0.495 e. The number of nitrogens with one attached hydrogen (secondary N) is 1. The van der Waals surface area contributed by atoms with Gasteiger partial charge in [0, 0.05) is 4.47 Å². The van der Waals surface area contributed by atoms with Crippen molar-refractivity contribution < 1.29 is 13.2 Å². The van der Waals surface area contributed by atoms with Crippen LogP contribution < -0.4 is 9.46 Å². The van der Waals surface area contributed by atoms with Crippen LogP contribution in [0.25, 0.3) is 0 Å². The highest BCUT2D eigenvalue weighted by molar-refractivity contribution is 9.10. The van der Waals surface area contributed by atoms with Gasteiger partial charge in [0.15, 0.2) is 0 Å². The highest BCUT2D eigenvalue weighted by atomic mass is 79.9. The predicted octanol–water partition coefficient (Wildman–Crippen LogP) is 3.88. The fraction of sp³-hybridized carbons (Fsp3) is 0.200. The largest absolute Gasteiger partial charge is 0.495 e. The lowest BCUT2D eigenvalue weighted by Gasteiger charge is -2.14. The van der Waals surface area contributed by atoms with Crippen LogP contribution >= 0.6 is 15.9 Å². The third-order valence-corrected chi connectivity index (χ3v) is 5.14. The van der Waals surface area contributed by atoms with Crippen LogP contribution in [-0.4, -0.2) is 15.5 Å². The van der Waals surface area contributed by atoms with Gasteiger partial charge < -0.3 is 4.74 Å². The summed E-state index contributed by atoms with van der Waals surface area (Å²) >= 11 is 3.28. The summed E-state index contributed by atoms with van der Waals surface area (Å²) in [6, 6.07) is 10.4. The Bertz CT molecular complexity index is 772. The van der Waals surface area contributed by atoms with Crippen LogP contribution in [0.2, 0.25) is 0 Å². The highest BCUT2D eigenvalue weighted by Gasteiger charge is 2.21. The zero-order valence-electron chi connectivity index (χ0n) is 12.0. The Hall–Kier alpha value is -1.53. The molecule has 0 radical (unpaired) electrons. The van der Waals surface area contributed by atoms with Crippen molar-refractivity contribution in [1.29, 1.82) is 0 Å². The van der Waals surface area contributed by atoms with E-state index in [-0.39, 0.29) is 4.90 Å². The van der Waals surface area contributed by atoms with Crippen molar-refractivity contribution in [2.75, 3.05) is 11.8 Å². The summed E-state index contributed by atoms with van der Waals surface area (Å²) in [4.78, 5) is 0.0975. The van der Waals surface area contributed by atoms with Crippen LogP contribution in [0, 0.1) is 13.8 Å². The van der Waals surface area contributed by atoms with Gasteiger partial charge in [-0.15, -0.1) is 0 Å². The van der Waals surface area contributed by atoms with Crippen molar-refractivity contribution in [2.45, 2.75) is 18.7 Å². The maximum atomic E-state index is 12.6. The Morgan fingerprint density at radius 2 is 1.86 bits per heavy atom. The number of ether oxygens (including phenoxy) is 1. The number of methoxy groups -OCH3 is 1. The molecule has 0 aliphatic rings. The van der Waals surface area contributed by atoms with Crippen LogP contribution in [-0.2, 0) is 10.0 Å². The Morgan fingerprint density at radius 1 is 1.14 bits per heavy atom. The lowest BCUT2D eigenvalue weighted by Crippen LogP contribution is -2.15. The van der Waals surface area contributed by atoms with Gasteiger partial charge in [-0.2, -0.15) is 0 Å². The first-order valence-electron chi connectivity index (χ1n) is 6.27. The molecule has 0 unspecified atom stereocenters. The molecule has 2 rings (SSSR count). The number of sulfonamides is 1. The van der Waals surface area contributed by atoms with Crippen LogP contribution in [0.5, 0.6) is 5.75 Å². The molecular weight excluding hydrogens is 354 g/mol. The number of rotatable bonds is 4. The molecule has 6 heteroatoms. The fourth-order valence-electron chi connectivity index (χ4n) is 1.92. The van der Waals surface area contributed by atoms with E-state index < -0.39 is 10.0 Å². The molecule has 2 aromatic carbocycles. The molecule has 0 amide bonds. The van der Waals surface area contributed by atoms with Gasteiger partial charge in [0.2, 0.25) is 0 Å². The Kier molecular flexibility index (Phi) is 4.58. The normalized spacial score (nSPS) is 11.2. The number of hydrogen-bond donors (Lipinski definition) is 1. The Labute approximate surface area is 133 Å². The maximum Gasteiger partial charge on any atom is 0.265 e. The smallest absolute Gasteiger partial charge is 0.265 e. The number of benzene rings is 2. The topological polar surface area (TPSA) is 55.4 Å². The van der Waals surface area contributed by atoms with E-state index >= 15 is 0 Å². The fourth-order valence-corrected chi connectivity index (χ4v) is 3.75. The van der Waals surface area contributed by atoms with Gasteiger partial charge in [0.25, 0.3) is 10.0 Å². The molecule has 0 aliphatic heterocycles. The highest BCUT2D eigenvalue weighted by Crippen LogP contribution is 2.30. The first kappa shape index (κ1) is 15.9. The Morgan fingerprint density at radius 3 is 2.52 bits per heavy atom. The van der Waals surface area contributed by atoms with Crippen molar-refractivity contribution >= 4 is 31.6 Å². The molecule has 112 valence electrons. The van der Waals surface area contributed by atoms with E-state index in [0.717, 1.165) is 11.1 Å². The monoisotopic (exact) mass is 369 g/mol. The third-order valence-electron chi connectivity index (χ3n) is 3.26. The average Bonchev–Trinajstić information content (AvgIpc) is 2.44. The van der Waals surface area contributed by atoms with E-state index in [0.29, 0.717) is 15.9 Å². The molecule has 0 atom stereocenters. The first-order chi connectivity index (χ1) is 9.85. The lowest BCUT2D eigenvalue weighted by molar-refractivity contribution is 0.403. The zero-order chi connectivity index (χ0) is 15.6. The summed E-state index contributed by atoms with van der Waals surface area (Å²) < 4.78 is 33.6. The average molecular weight is 370 g/mol. The van der Waals surface area contributed by atoms with Crippen LogP contribution in [0.4, 0.5) is 5.69 Å². The van der Waals surface area contributed by atoms with E-state index in [4.69, 9.17) is 4.74 Å². The van der Waals surface area contributed by atoms with Crippen molar-refractivity contribution in [2.24, 2.45) is 0 Å². The molecule has 0 heterocycles. The maximum absolute atomic E-state index is 12.6. The number of anilines is 1. The van der Waals surface area contributed by atoms with Crippen LogP contribution in [0.15, 0.2) is 45.8 Å². The molecule has 0 spiro atoms. The quantitative estimate of drug-likeness (QED) is 0.889. The number of hydrogen-bond acceptors (Lipinski definition) is 3. The summed E-state index contributed by atoms with van der Waals surface area (Å²) in [5.41, 5.74) is 2.49. The second-order valence-corrected chi connectivity index (χ2v) is 7.21. The third kappa shape index (κ3) is 3.39. The molecule has 0 saturated heterocycles. The Balaban J connectivity index is 2.48. The standard InChI is InChI=1S/C15H16BrNO3S/c1-10-5-4-6-13(11(10)2)17-21(18,19)15-9-12(16)7-8-14(15)20-3/h4-9,17H,1-3H3. The second kappa shape index (κ2) is 6.07. The summed E-state index contributed by atoms with van der Waals surface area (Å²) in [5.74, 6) is 0.302. The SMILES string of the molecule is COc1ccc(Br)cc1S(=O)(=O)Nc1cccc(C)c1C. The van der Waals surface area contributed by atoms with Crippen LogP contribution in [0.3, 0.4) is 0 Å². The molecular formula is C15H16BrNO3S. The van der Waals surface area contributed by atoms with Gasteiger partial charge in [-0.25, -0.2) is 8.42 Å². The number of halogens is 1. The molecule has 0 saturated carbocycles. The van der Waals surface area contributed by atoms with Gasteiger partial charge in [-0.05, 0) is 49.2 Å². The summed E-state index contributed by atoms with van der Waals surface area (Å²) in [5, 5.41) is 0. The minimum atomic E-state index is -3.72. The molecule has 2 aromatic rings. The molecule has 0 fully saturated rings. The van der Waals surface area contributed by atoms with Gasteiger partial charge >= 0.3 is 0 Å². The predicted molar refractivity (Wildman–Crippen MR) is 87.4 cm³/mol. The molecule has 0 bridgehead atoms. The van der Waals surface area contributed by atoms with E-state index in [2.05, 4.69) is 20.7 Å². The van der Waals surface area contributed by atoms with Crippen molar-refractivity contribution in [1.82, 2.24) is 0 Å². The van der Waals surface area contributed by atoms with Crippen molar-refractivity contribution in [3.8, 4) is 5.75 Å². The minimum absolute atomic E-state index is 0.0975. The lowest BCUT2D eigenvalue weighted by atomic mass is 10.1. The van der Waals surface area contributed by atoms with Gasteiger partial charge in [0.1, 0.15) is 10.6 Å². The zero-order valence-corrected chi connectivity index (χ0v) is 14.4. The molecule has 0 aliphatic carbocycles. The summed E-state index contributed by atoms with van der Waals surface area (Å²) in [6.07, 6.45) is 0. The molecule has 4 nitrogen and oxygen atoms in total. The van der Waals surface area contributed by atoms with E-state index in [9.17, 15) is 8.42 Å². The van der Waals surface area contributed by atoms with E-state index in [1.165, 1.54) is 13.2 Å². The molecule has 21 heavy (non-hydrogen) atoms. The molecule has 1 N–H and O–H groups in total. The molecule has 0 aromatic heterocycles. The summed E-state index contributed by atoms with van der Waals surface area (Å²) in [7, 11) is -2.28. The van der Waals surface area contributed by atoms with E-state index in [1.807, 2.05) is 26.0 Å². The summed E-state index contributed by atoms with van der Waals surface area (Å²) in [6.45, 7) is 3.82. The van der Waals surface area contributed by atoms with Crippen molar-refractivity contribution in [3.05, 3.63) is 52.0 Å². The van der Waals surface area contributed by atoms with Gasteiger partial charge in [0.05, 0.1) is 12.8 Å². The second-order valence-electron chi connectivity index (χ2n) is 4.65.